The highest BCUT2D eigenvalue weighted by Gasteiger charge is 2.28. The van der Waals surface area contributed by atoms with E-state index in [2.05, 4.69) is 5.32 Å². The van der Waals surface area contributed by atoms with Crippen LogP contribution in [0.25, 0.3) is 0 Å². The van der Waals surface area contributed by atoms with Gasteiger partial charge in [0.2, 0.25) is 0 Å². The van der Waals surface area contributed by atoms with Crippen molar-refractivity contribution in [3.05, 3.63) is 33.8 Å². The summed E-state index contributed by atoms with van der Waals surface area (Å²) in [7, 11) is 0. The molecule has 1 aromatic carbocycles. The van der Waals surface area contributed by atoms with Gasteiger partial charge in [0.05, 0.1) is 16.0 Å². The van der Waals surface area contributed by atoms with Crippen LogP contribution in [0.5, 0.6) is 0 Å². The van der Waals surface area contributed by atoms with Crippen LogP contribution in [-0.4, -0.2) is 34.1 Å². The highest BCUT2D eigenvalue weighted by Crippen LogP contribution is 2.26. The number of hydrogen-bond acceptors (Lipinski definition) is 2. The highest BCUT2D eigenvalue weighted by atomic mass is 35.5. The SMILES string of the molecule is CC(C)N(Cc1ccc(Cl)c(Cl)c1)C(=O)NC1CCC(C(=O)O)CC1. The molecule has 5 nitrogen and oxygen atoms in total. The number of urea groups is 1. The predicted octanol–water partition coefficient (Wildman–Crippen LogP) is 4.56. The van der Waals surface area contributed by atoms with Gasteiger partial charge in [-0.2, -0.15) is 0 Å². The van der Waals surface area contributed by atoms with Gasteiger partial charge in [0.1, 0.15) is 0 Å². The molecule has 0 saturated heterocycles. The monoisotopic (exact) mass is 386 g/mol. The van der Waals surface area contributed by atoms with Gasteiger partial charge in [-0.15, -0.1) is 0 Å². The first-order chi connectivity index (χ1) is 11.8. The topological polar surface area (TPSA) is 69.6 Å². The number of carboxylic acid groups (broad SMARTS) is 1. The summed E-state index contributed by atoms with van der Waals surface area (Å²) in [4.78, 5) is 25.4. The zero-order valence-corrected chi connectivity index (χ0v) is 16.0. The van der Waals surface area contributed by atoms with Crippen LogP contribution in [0.4, 0.5) is 4.79 Å². The molecule has 0 unspecified atom stereocenters. The second kappa shape index (κ2) is 8.77. The molecule has 0 aliphatic heterocycles. The average molecular weight is 387 g/mol. The van der Waals surface area contributed by atoms with Crippen LogP contribution >= 0.6 is 23.2 Å². The Hall–Kier alpha value is -1.46. The minimum Gasteiger partial charge on any atom is -0.481 e. The molecule has 138 valence electrons. The largest absolute Gasteiger partial charge is 0.481 e. The van der Waals surface area contributed by atoms with Crippen LogP contribution in [0.3, 0.4) is 0 Å². The van der Waals surface area contributed by atoms with Gasteiger partial charge in [0.15, 0.2) is 0 Å². The Morgan fingerprint density at radius 1 is 1.20 bits per heavy atom. The Balaban J connectivity index is 1.96. The molecule has 7 heteroatoms. The van der Waals surface area contributed by atoms with Gasteiger partial charge in [-0.25, -0.2) is 4.79 Å². The van der Waals surface area contributed by atoms with E-state index in [0.717, 1.165) is 5.56 Å². The maximum Gasteiger partial charge on any atom is 0.318 e. The van der Waals surface area contributed by atoms with Crippen LogP contribution < -0.4 is 5.32 Å². The van der Waals surface area contributed by atoms with Crippen molar-refractivity contribution in [3.63, 3.8) is 0 Å². The quantitative estimate of drug-likeness (QED) is 0.778. The molecule has 2 amide bonds. The molecule has 0 heterocycles. The van der Waals surface area contributed by atoms with E-state index in [1.54, 1.807) is 17.0 Å². The van der Waals surface area contributed by atoms with E-state index in [-0.39, 0.29) is 24.0 Å². The Labute approximate surface area is 158 Å². The van der Waals surface area contributed by atoms with Crippen molar-refractivity contribution < 1.29 is 14.7 Å². The number of amides is 2. The zero-order chi connectivity index (χ0) is 18.6. The van der Waals surface area contributed by atoms with Gasteiger partial charge in [-0.3, -0.25) is 4.79 Å². The molecule has 2 rings (SSSR count). The number of halogens is 2. The lowest BCUT2D eigenvalue weighted by Gasteiger charge is -2.32. The van der Waals surface area contributed by atoms with Gasteiger partial charge in [-0.1, -0.05) is 29.3 Å². The highest BCUT2D eigenvalue weighted by molar-refractivity contribution is 6.42. The van der Waals surface area contributed by atoms with E-state index in [0.29, 0.717) is 42.3 Å². The van der Waals surface area contributed by atoms with Crippen molar-refractivity contribution >= 4 is 35.2 Å². The van der Waals surface area contributed by atoms with E-state index in [1.165, 1.54) is 0 Å². The van der Waals surface area contributed by atoms with E-state index in [9.17, 15) is 9.59 Å². The summed E-state index contributed by atoms with van der Waals surface area (Å²) < 4.78 is 0. The van der Waals surface area contributed by atoms with E-state index >= 15 is 0 Å². The fourth-order valence-corrected chi connectivity index (χ4v) is 3.39. The van der Waals surface area contributed by atoms with Gasteiger partial charge in [0.25, 0.3) is 0 Å². The summed E-state index contributed by atoms with van der Waals surface area (Å²) in [6.07, 6.45) is 2.60. The second-order valence-corrected chi connectivity index (χ2v) is 7.62. The third kappa shape index (κ3) is 5.51. The molecule has 0 radical (unpaired) electrons. The van der Waals surface area contributed by atoms with E-state index in [4.69, 9.17) is 28.3 Å². The lowest BCUT2D eigenvalue weighted by atomic mass is 9.86. The summed E-state index contributed by atoms with van der Waals surface area (Å²) in [5, 5.41) is 13.1. The average Bonchev–Trinajstić information content (AvgIpc) is 2.55. The fraction of sp³-hybridized carbons (Fsp3) is 0.556. The first kappa shape index (κ1) is 19.9. The third-order valence-corrected chi connectivity index (χ3v) is 5.36. The zero-order valence-electron chi connectivity index (χ0n) is 14.5. The van der Waals surface area contributed by atoms with Gasteiger partial charge in [-0.05, 0) is 57.2 Å². The summed E-state index contributed by atoms with van der Waals surface area (Å²) in [6.45, 7) is 4.35. The predicted molar refractivity (Wildman–Crippen MR) is 99.1 cm³/mol. The Morgan fingerprint density at radius 3 is 2.36 bits per heavy atom. The maximum absolute atomic E-state index is 12.7. The van der Waals surface area contributed by atoms with Crippen molar-refractivity contribution in [2.24, 2.45) is 5.92 Å². The van der Waals surface area contributed by atoms with Crippen LogP contribution in [-0.2, 0) is 11.3 Å². The Bertz CT molecular complexity index is 629. The van der Waals surface area contributed by atoms with Crippen molar-refractivity contribution in [1.82, 2.24) is 10.2 Å². The normalized spacial score (nSPS) is 20.4. The van der Waals surface area contributed by atoms with Crippen LogP contribution in [0.15, 0.2) is 18.2 Å². The Kier molecular flexibility index (Phi) is 6.96. The van der Waals surface area contributed by atoms with Crippen molar-refractivity contribution in [2.45, 2.75) is 58.2 Å². The molecule has 1 fully saturated rings. The van der Waals surface area contributed by atoms with Crippen LogP contribution in [0, 0.1) is 5.92 Å². The lowest BCUT2D eigenvalue weighted by Crippen LogP contribution is -2.48. The number of rotatable bonds is 5. The molecule has 0 spiro atoms. The number of benzene rings is 1. The number of nitrogens with zero attached hydrogens (tertiary/aromatic N) is 1. The molecular weight excluding hydrogens is 363 g/mol. The van der Waals surface area contributed by atoms with Gasteiger partial charge < -0.3 is 15.3 Å². The van der Waals surface area contributed by atoms with Crippen LogP contribution in [0.2, 0.25) is 10.0 Å². The first-order valence-corrected chi connectivity index (χ1v) is 9.27. The maximum atomic E-state index is 12.7. The molecule has 0 atom stereocenters. The molecular formula is C18H24Cl2N2O3. The standard InChI is InChI=1S/C18H24Cl2N2O3/c1-11(2)22(10-12-3-8-15(19)16(20)9-12)18(25)21-14-6-4-13(5-7-14)17(23)24/h3,8-9,11,13-14H,4-7,10H2,1-2H3,(H,21,25)(H,23,24). The minimum atomic E-state index is -0.742. The summed E-state index contributed by atoms with van der Waals surface area (Å²) in [5.74, 6) is -1.03. The summed E-state index contributed by atoms with van der Waals surface area (Å²) in [6, 6.07) is 5.25. The van der Waals surface area contributed by atoms with E-state index < -0.39 is 5.97 Å². The molecule has 2 N–H and O–H groups in total. The lowest BCUT2D eigenvalue weighted by molar-refractivity contribution is -0.142. The van der Waals surface area contributed by atoms with Gasteiger partial charge in [0, 0.05) is 18.6 Å². The molecule has 0 bridgehead atoms. The number of hydrogen-bond donors (Lipinski definition) is 2. The number of aliphatic carboxylic acids is 1. The van der Waals surface area contributed by atoms with Crippen molar-refractivity contribution in [1.29, 1.82) is 0 Å². The number of nitrogens with one attached hydrogen (secondary N) is 1. The molecule has 1 aliphatic carbocycles. The summed E-state index contributed by atoms with van der Waals surface area (Å²) in [5.41, 5.74) is 0.910. The molecule has 1 aromatic rings. The first-order valence-electron chi connectivity index (χ1n) is 8.51. The molecule has 1 saturated carbocycles. The fourth-order valence-electron chi connectivity index (χ4n) is 3.07. The Morgan fingerprint density at radius 2 is 1.84 bits per heavy atom. The van der Waals surface area contributed by atoms with Gasteiger partial charge >= 0.3 is 12.0 Å². The van der Waals surface area contributed by atoms with Crippen molar-refractivity contribution in [3.8, 4) is 0 Å². The van der Waals surface area contributed by atoms with Crippen LogP contribution in [0.1, 0.15) is 45.1 Å². The molecule has 25 heavy (non-hydrogen) atoms. The molecule has 0 aromatic heterocycles. The number of carbonyl (C=O) groups excluding carboxylic acids is 1. The molecule has 1 aliphatic rings. The van der Waals surface area contributed by atoms with E-state index in [1.807, 2.05) is 19.9 Å². The number of carboxylic acids is 1. The smallest absolute Gasteiger partial charge is 0.318 e. The summed E-state index contributed by atoms with van der Waals surface area (Å²) >= 11 is 12.0. The third-order valence-electron chi connectivity index (χ3n) is 4.63. The van der Waals surface area contributed by atoms with Crippen molar-refractivity contribution in [2.75, 3.05) is 0 Å². The number of carbonyl (C=O) groups is 2. The minimum absolute atomic E-state index is 0.0183. The second-order valence-electron chi connectivity index (χ2n) is 6.81.